The molecule has 16 heavy (non-hydrogen) atoms. The van der Waals surface area contributed by atoms with Crippen molar-refractivity contribution in [3.63, 3.8) is 0 Å². The topological polar surface area (TPSA) is 21.3 Å². The van der Waals surface area contributed by atoms with Crippen LogP contribution in [0.15, 0.2) is 0 Å². The minimum absolute atomic E-state index is 0.119. The molecule has 2 aliphatic rings. The van der Waals surface area contributed by atoms with E-state index in [1.807, 2.05) is 0 Å². The summed E-state index contributed by atoms with van der Waals surface area (Å²) < 4.78 is 6.25. The molecular formula is C14H27NO. The van der Waals surface area contributed by atoms with Crippen LogP contribution in [0.1, 0.15) is 53.4 Å². The zero-order chi connectivity index (χ0) is 11.8. The van der Waals surface area contributed by atoms with Gasteiger partial charge in [-0.2, -0.15) is 0 Å². The second-order valence-corrected chi connectivity index (χ2v) is 6.78. The van der Waals surface area contributed by atoms with Crippen molar-refractivity contribution in [1.29, 1.82) is 0 Å². The Morgan fingerprint density at radius 1 is 1.25 bits per heavy atom. The predicted octanol–water partition coefficient (Wildman–Crippen LogP) is 2.97. The molecule has 0 aromatic carbocycles. The molecule has 2 unspecified atom stereocenters. The van der Waals surface area contributed by atoms with Crippen LogP contribution < -0.4 is 5.32 Å². The van der Waals surface area contributed by atoms with Gasteiger partial charge in [0.1, 0.15) is 0 Å². The number of hydrogen-bond acceptors (Lipinski definition) is 2. The van der Waals surface area contributed by atoms with Crippen LogP contribution in [0.25, 0.3) is 0 Å². The standard InChI is InChI=1S/C14H27NO/c1-11(2)12-14(16-9-8-15-12)7-5-6-13(3,4)10-14/h11-12,15H,5-10H2,1-4H3. The summed E-state index contributed by atoms with van der Waals surface area (Å²) in [6, 6.07) is 0.542. The minimum atomic E-state index is 0.119. The van der Waals surface area contributed by atoms with Crippen molar-refractivity contribution in [2.75, 3.05) is 13.2 Å². The Morgan fingerprint density at radius 2 is 2.00 bits per heavy atom. The first-order valence-corrected chi connectivity index (χ1v) is 6.83. The molecule has 1 aliphatic heterocycles. The Morgan fingerprint density at radius 3 is 2.62 bits per heavy atom. The molecule has 0 bridgehead atoms. The third-order valence-electron chi connectivity index (χ3n) is 4.32. The molecule has 0 amide bonds. The van der Waals surface area contributed by atoms with Crippen molar-refractivity contribution in [3.05, 3.63) is 0 Å². The first kappa shape index (κ1) is 12.4. The Kier molecular flexibility index (Phi) is 3.33. The molecule has 1 saturated carbocycles. The lowest BCUT2D eigenvalue weighted by molar-refractivity contribution is -0.148. The molecule has 1 N–H and O–H groups in total. The molecule has 1 saturated heterocycles. The van der Waals surface area contributed by atoms with E-state index >= 15 is 0 Å². The van der Waals surface area contributed by atoms with Gasteiger partial charge in [0.2, 0.25) is 0 Å². The molecule has 2 atom stereocenters. The van der Waals surface area contributed by atoms with Gasteiger partial charge in [0.25, 0.3) is 0 Å². The average molecular weight is 225 g/mol. The highest BCUT2D eigenvalue weighted by Gasteiger charge is 2.48. The number of nitrogens with one attached hydrogen (secondary N) is 1. The van der Waals surface area contributed by atoms with E-state index in [9.17, 15) is 0 Å². The Hall–Kier alpha value is -0.0800. The van der Waals surface area contributed by atoms with Crippen LogP contribution in [0.4, 0.5) is 0 Å². The fraction of sp³-hybridized carbons (Fsp3) is 1.00. The van der Waals surface area contributed by atoms with E-state index in [1.54, 1.807) is 0 Å². The molecule has 0 aromatic heterocycles. The Balaban J connectivity index is 2.19. The van der Waals surface area contributed by atoms with E-state index in [1.165, 1.54) is 25.7 Å². The normalized spacial score (nSPS) is 39.2. The molecular weight excluding hydrogens is 198 g/mol. The second kappa shape index (κ2) is 4.30. The SMILES string of the molecule is CC(C)C1NCCOC12CCCC(C)(C)C2. The molecule has 2 heteroatoms. The lowest BCUT2D eigenvalue weighted by Gasteiger charge is -2.52. The van der Waals surface area contributed by atoms with E-state index < -0.39 is 0 Å². The summed E-state index contributed by atoms with van der Waals surface area (Å²) in [5.41, 5.74) is 0.568. The Labute approximate surface area is 100 Å². The molecule has 94 valence electrons. The summed E-state index contributed by atoms with van der Waals surface area (Å²) in [5.74, 6) is 0.661. The predicted molar refractivity (Wildman–Crippen MR) is 67.6 cm³/mol. The third kappa shape index (κ3) is 2.28. The molecule has 2 rings (SSSR count). The van der Waals surface area contributed by atoms with Gasteiger partial charge >= 0.3 is 0 Å². The fourth-order valence-electron chi connectivity index (χ4n) is 3.83. The van der Waals surface area contributed by atoms with E-state index in [4.69, 9.17) is 4.74 Å². The van der Waals surface area contributed by atoms with Crippen molar-refractivity contribution in [2.45, 2.75) is 65.0 Å². The van der Waals surface area contributed by atoms with Gasteiger partial charge in [0.05, 0.1) is 12.2 Å². The van der Waals surface area contributed by atoms with Gasteiger partial charge in [-0.25, -0.2) is 0 Å². The fourth-order valence-corrected chi connectivity index (χ4v) is 3.83. The second-order valence-electron chi connectivity index (χ2n) is 6.78. The molecule has 2 nitrogen and oxygen atoms in total. The maximum absolute atomic E-state index is 6.25. The van der Waals surface area contributed by atoms with Crippen LogP contribution >= 0.6 is 0 Å². The van der Waals surface area contributed by atoms with Crippen LogP contribution in [-0.4, -0.2) is 24.8 Å². The van der Waals surface area contributed by atoms with Crippen LogP contribution in [0.5, 0.6) is 0 Å². The monoisotopic (exact) mass is 225 g/mol. The molecule has 0 radical (unpaired) electrons. The van der Waals surface area contributed by atoms with E-state index in [0.717, 1.165) is 13.2 Å². The summed E-state index contributed by atoms with van der Waals surface area (Å²) in [5, 5.41) is 3.69. The summed E-state index contributed by atoms with van der Waals surface area (Å²) in [6.07, 6.45) is 5.13. The highest BCUT2D eigenvalue weighted by Crippen LogP contribution is 2.46. The molecule has 1 aliphatic carbocycles. The first-order valence-electron chi connectivity index (χ1n) is 6.83. The Bertz CT molecular complexity index is 245. The van der Waals surface area contributed by atoms with Crippen molar-refractivity contribution in [2.24, 2.45) is 11.3 Å². The van der Waals surface area contributed by atoms with Gasteiger partial charge in [0.15, 0.2) is 0 Å². The highest BCUT2D eigenvalue weighted by atomic mass is 16.5. The zero-order valence-electron chi connectivity index (χ0n) is 11.3. The summed E-state index contributed by atoms with van der Waals surface area (Å²) in [7, 11) is 0. The van der Waals surface area contributed by atoms with Gasteiger partial charge < -0.3 is 10.1 Å². The van der Waals surface area contributed by atoms with E-state index in [-0.39, 0.29) is 5.60 Å². The van der Waals surface area contributed by atoms with E-state index in [2.05, 4.69) is 33.0 Å². The first-order chi connectivity index (χ1) is 7.45. The van der Waals surface area contributed by atoms with Gasteiger partial charge in [-0.1, -0.05) is 27.7 Å². The zero-order valence-corrected chi connectivity index (χ0v) is 11.3. The average Bonchev–Trinajstić information content (AvgIpc) is 2.15. The van der Waals surface area contributed by atoms with Crippen molar-refractivity contribution in [3.8, 4) is 0 Å². The quantitative estimate of drug-likeness (QED) is 0.741. The summed E-state index contributed by atoms with van der Waals surface area (Å²) >= 11 is 0. The van der Waals surface area contributed by atoms with Crippen LogP contribution in [0, 0.1) is 11.3 Å². The van der Waals surface area contributed by atoms with Crippen molar-refractivity contribution >= 4 is 0 Å². The van der Waals surface area contributed by atoms with Crippen LogP contribution in [0.3, 0.4) is 0 Å². The number of rotatable bonds is 1. The van der Waals surface area contributed by atoms with Crippen molar-refractivity contribution < 1.29 is 4.74 Å². The molecule has 2 fully saturated rings. The summed E-state index contributed by atoms with van der Waals surface area (Å²) in [4.78, 5) is 0. The third-order valence-corrected chi connectivity index (χ3v) is 4.32. The lowest BCUT2D eigenvalue weighted by Crippen LogP contribution is -2.62. The number of hydrogen-bond donors (Lipinski definition) is 1. The lowest BCUT2D eigenvalue weighted by atomic mass is 9.65. The van der Waals surface area contributed by atoms with Gasteiger partial charge in [-0.15, -0.1) is 0 Å². The number of morpholine rings is 1. The highest BCUT2D eigenvalue weighted by molar-refractivity contribution is 5.02. The van der Waals surface area contributed by atoms with Crippen LogP contribution in [-0.2, 0) is 4.74 Å². The van der Waals surface area contributed by atoms with Crippen molar-refractivity contribution in [1.82, 2.24) is 5.32 Å². The molecule has 1 spiro atoms. The molecule has 0 aromatic rings. The maximum Gasteiger partial charge on any atom is 0.0842 e. The number of ether oxygens (including phenoxy) is 1. The van der Waals surface area contributed by atoms with Gasteiger partial charge in [-0.05, 0) is 37.0 Å². The van der Waals surface area contributed by atoms with Gasteiger partial charge in [-0.3, -0.25) is 0 Å². The largest absolute Gasteiger partial charge is 0.372 e. The summed E-state index contributed by atoms with van der Waals surface area (Å²) in [6.45, 7) is 11.3. The molecule has 1 heterocycles. The smallest absolute Gasteiger partial charge is 0.0842 e. The van der Waals surface area contributed by atoms with Crippen LogP contribution in [0.2, 0.25) is 0 Å². The van der Waals surface area contributed by atoms with Gasteiger partial charge in [0, 0.05) is 12.6 Å². The van der Waals surface area contributed by atoms with E-state index in [0.29, 0.717) is 17.4 Å². The minimum Gasteiger partial charge on any atom is -0.372 e. The maximum atomic E-state index is 6.25.